The highest BCUT2D eigenvalue weighted by Gasteiger charge is 1.95. The molecule has 8 heteroatoms. The van der Waals surface area contributed by atoms with Crippen molar-refractivity contribution in [2.24, 2.45) is 10.3 Å². The summed E-state index contributed by atoms with van der Waals surface area (Å²) in [5.74, 6) is -1.34. The molecule has 35 heavy (non-hydrogen) atoms. The van der Waals surface area contributed by atoms with Crippen molar-refractivity contribution < 1.29 is 30.2 Å². The number of carbonyl (C=O) groups is 2. The van der Waals surface area contributed by atoms with Crippen molar-refractivity contribution in [3.8, 4) is 0 Å². The molecule has 8 nitrogen and oxygen atoms in total. The summed E-state index contributed by atoms with van der Waals surface area (Å²) in [5.41, 5.74) is 2.34. The molecule has 0 aliphatic rings. The fourth-order valence-electron chi connectivity index (χ4n) is 2.77. The molecule has 198 valence electrons. The summed E-state index contributed by atoms with van der Waals surface area (Å²) in [4.78, 5) is 20.1. The number of carboxylic acids is 2. The Hall–Kier alpha value is -3.16. The zero-order valence-corrected chi connectivity index (χ0v) is 21.5. The summed E-state index contributed by atoms with van der Waals surface area (Å²) in [6, 6.07) is 7.39. The van der Waals surface area contributed by atoms with Crippen LogP contribution in [-0.4, -0.2) is 44.5 Å². The van der Waals surface area contributed by atoms with Crippen LogP contribution in [0.4, 0.5) is 0 Å². The summed E-state index contributed by atoms with van der Waals surface area (Å²) < 4.78 is 0. The van der Waals surface area contributed by atoms with E-state index >= 15 is 0 Å². The Morgan fingerprint density at radius 2 is 1.17 bits per heavy atom. The van der Waals surface area contributed by atoms with E-state index in [1.54, 1.807) is 13.0 Å². The first kappa shape index (κ1) is 34.0. The molecule has 0 spiro atoms. The van der Waals surface area contributed by atoms with Gasteiger partial charge in [-0.25, -0.2) is 0 Å². The number of unbranched alkanes of at least 4 members (excludes halogenated alkanes) is 8. The van der Waals surface area contributed by atoms with Crippen LogP contribution in [0.15, 0.2) is 40.7 Å². The van der Waals surface area contributed by atoms with Crippen LogP contribution < -0.4 is 0 Å². The molecular weight excluding hydrogens is 448 g/mol. The van der Waals surface area contributed by atoms with E-state index in [1.165, 1.54) is 44.7 Å². The van der Waals surface area contributed by atoms with Crippen molar-refractivity contribution in [1.82, 2.24) is 0 Å². The standard InChI is InChI=1S/C11H12N2O2.2C8H16O2/c1-9(13-15)2-3-10-4-6-11(7-5-10)8-12-14;2*1-2-3-4-5-6-7-8(9)10/h2-8,14-15H,1H3;2*2-7H2,1H3,(H,9,10). The molecule has 1 rings (SSSR count). The predicted octanol–water partition coefficient (Wildman–Crippen LogP) is 7.22. The number of nitrogens with zero attached hydrogens (tertiary/aromatic N) is 2. The molecule has 0 fully saturated rings. The molecule has 0 aliphatic carbocycles. The smallest absolute Gasteiger partial charge is 0.303 e. The number of oxime groups is 2. The maximum absolute atomic E-state index is 10.0. The second-order valence-corrected chi connectivity index (χ2v) is 8.10. The summed E-state index contributed by atoms with van der Waals surface area (Å²) in [6.45, 7) is 6.00. The third-order valence-electron chi connectivity index (χ3n) is 4.81. The molecule has 4 N–H and O–H groups in total. The van der Waals surface area contributed by atoms with Crippen LogP contribution in [0.2, 0.25) is 0 Å². The zero-order valence-electron chi connectivity index (χ0n) is 21.5. The summed E-state index contributed by atoms with van der Waals surface area (Å²) in [6.07, 6.45) is 16.7. The lowest BCUT2D eigenvalue weighted by Gasteiger charge is -1.95. The molecular formula is C27H44N2O6. The Morgan fingerprint density at radius 3 is 1.54 bits per heavy atom. The minimum absolute atomic E-state index is 0.337. The van der Waals surface area contributed by atoms with Gasteiger partial charge in [-0.3, -0.25) is 9.59 Å². The molecule has 0 unspecified atom stereocenters. The topological polar surface area (TPSA) is 140 Å². The Balaban J connectivity index is 0. The van der Waals surface area contributed by atoms with Crippen LogP contribution >= 0.6 is 0 Å². The highest BCUT2D eigenvalue weighted by molar-refractivity contribution is 5.95. The van der Waals surface area contributed by atoms with Crippen LogP contribution in [0, 0.1) is 0 Å². The van der Waals surface area contributed by atoms with Gasteiger partial charge in [0.2, 0.25) is 0 Å². The van der Waals surface area contributed by atoms with E-state index in [9.17, 15) is 9.59 Å². The Labute approximate surface area is 210 Å². The maximum atomic E-state index is 10.0. The second kappa shape index (κ2) is 25.5. The third-order valence-corrected chi connectivity index (χ3v) is 4.81. The van der Waals surface area contributed by atoms with Crippen molar-refractivity contribution in [1.29, 1.82) is 0 Å². The number of carboxylic acid groups (broad SMARTS) is 2. The number of hydrogen-bond donors (Lipinski definition) is 4. The van der Waals surface area contributed by atoms with Crippen LogP contribution in [-0.2, 0) is 9.59 Å². The molecule has 0 aliphatic heterocycles. The molecule has 0 aromatic heterocycles. The van der Waals surface area contributed by atoms with Gasteiger partial charge in [0, 0.05) is 12.8 Å². The number of allylic oxidation sites excluding steroid dienone is 1. The molecule has 0 amide bonds. The summed E-state index contributed by atoms with van der Waals surface area (Å²) in [7, 11) is 0. The van der Waals surface area contributed by atoms with Crippen LogP contribution in [0.25, 0.3) is 6.08 Å². The van der Waals surface area contributed by atoms with Gasteiger partial charge in [-0.05, 0) is 37.0 Å². The molecule has 1 aromatic carbocycles. The highest BCUT2D eigenvalue weighted by atomic mass is 16.4. The number of rotatable bonds is 15. The lowest BCUT2D eigenvalue weighted by atomic mass is 10.1. The van der Waals surface area contributed by atoms with Gasteiger partial charge in [-0.2, -0.15) is 0 Å². The van der Waals surface area contributed by atoms with Gasteiger partial charge < -0.3 is 20.6 Å². The van der Waals surface area contributed by atoms with Gasteiger partial charge >= 0.3 is 11.9 Å². The first-order chi connectivity index (χ1) is 16.8. The highest BCUT2D eigenvalue weighted by Crippen LogP contribution is 2.06. The van der Waals surface area contributed by atoms with E-state index in [-0.39, 0.29) is 0 Å². The van der Waals surface area contributed by atoms with E-state index in [2.05, 4.69) is 24.2 Å². The number of benzene rings is 1. The zero-order chi connectivity index (χ0) is 26.7. The van der Waals surface area contributed by atoms with E-state index in [1.807, 2.05) is 30.3 Å². The maximum Gasteiger partial charge on any atom is 0.303 e. The van der Waals surface area contributed by atoms with Gasteiger partial charge in [-0.15, -0.1) is 0 Å². The number of hydrogen-bond acceptors (Lipinski definition) is 6. The molecule has 0 radical (unpaired) electrons. The average molecular weight is 493 g/mol. The minimum Gasteiger partial charge on any atom is -0.481 e. The van der Waals surface area contributed by atoms with Crippen molar-refractivity contribution in [3.63, 3.8) is 0 Å². The average Bonchev–Trinajstić information content (AvgIpc) is 2.84. The quantitative estimate of drug-likeness (QED) is 0.0881. The first-order valence-corrected chi connectivity index (χ1v) is 12.4. The second-order valence-electron chi connectivity index (χ2n) is 8.10. The molecule has 0 saturated carbocycles. The lowest BCUT2D eigenvalue weighted by Crippen LogP contribution is -1.93. The van der Waals surface area contributed by atoms with Crippen LogP contribution in [0.1, 0.15) is 109 Å². The SMILES string of the molecule is CC(C=Cc1ccc(C=NO)cc1)=NO.CCCCCCCC(=O)O.CCCCCCCC(=O)O. The van der Waals surface area contributed by atoms with Gasteiger partial charge in [0.25, 0.3) is 0 Å². The monoisotopic (exact) mass is 492 g/mol. The predicted molar refractivity (Wildman–Crippen MR) is 142 cm³/mol. The summed E-state index contributed by atoms with van der Waals surface area (Å²) in [5, 5.41) is 39.2. The molecule has 1 aromatic rings. The molecule has 0 saturated heterocycles. The normalized spacial score (nSPS) is 11.0. The Kier molecular flexibility index (Phi) is 24.7. The number of aliphatic carboxylic acids is 2. The minimum atomic E-state index is -0.670. The fraction of sp³-hybridized carbons (Fsp3) is 0.556. The van der Waals surface area contributed by atoms with Crippen molar-refractivity contribution in [3.05, 3.63) is 41.5 Å². The third kappa shape index (κ3) is 27.0. The molecule has 0 bridgehead atoms. The molecule has 0 heterocycles. The van der Waals surface area contributed by atoms with E-state index in [4.69, 9.17) is 20.6 Å². The van der Waals surface area contributed by atoms with Gasteiger partial charge in [0.15, 0.2) is 0 Å². The van der Waals surface area contributed by atoms with E-state index in [0.717, 1.165) is 36.8 Å². The van der Waals surface area contributed by atoms with Crippen molar-refractivity contribution >= 4 is 29.9 Å². The van der Waals surface area contributed by atoms with Crippen molar-refractivity contribution in [2.75, 3.05) is 0 Å². The first-order valence-electron chi connectivity index (χ1n) is 12.4. The van der Waals surface area contributed by atoms with Gasteiger partial charge in [-0.1, -0.05) is 106 Å². The fourth-order valence-corrected chi connectivity index (χ4v) is 2.77. The summed E-state index contributed by atoms with van der Waals surface area (Å²) >= 11 is 0. The molecule has 0 atom stereocenters. The van der Waals surface area contributed by atoms with Crippen LogP contribution in [0.5, 0.6) is 0 Å². The lowest BCUT2D eigenvalue weighted by molar-refractivity contribution is -0.138. The Morgan fingerprint density at radius 1 is 0.743 bits per heavy atom. The van der Waals surface area contributed by atoms with Gasteiger partial charge in [0.1, 0.15) is 0 Å². The van der Waals surface area contributed by atoms with E-state index in [0.29, 0.717) is 18.6 Å². The van der Waals surface area contributed by atoms with Crippen molar-refractivity contribution in [2.45, 2.75) is 97.8 Å². The van der Waals surface area contributed by atoms with Gasteiger partial charge in [0.05, 0.1) is 11.9 Å². The largest absolute Gasteiger partial charge is 0.481 e. The van der Waals surface area contributed by atoms with Crippen LogP contribution in [0.3, 0.4) is 0 Å². The Bertz CT molecular complexity index is 719. The van der Waals surface area contributed by atoms with E-state index < -0.39 is 11.9 Å².